The van der Waals surface area contributed by atoms with Gasteiger partial charge in [-0.1, -0.05) is 11.8 Å². The minimum absolute atomic E-state index is 0.170. The van der Waals surface area contributed by atoms with Gasteiger partial charge in [-0.15, -0.1) is 12.8 Å². The van der Waals surface area contributed by atoms with Crippen molar-refractivity contribution in [2.45, 2.75) is 0 Å². The molecule has 0 aliphatic rings. The van der Waals surface area contributed by atoms with E-state index in [0.717, 1.165) is 0 Å². The highest BCUT2D eigenvalue weighted by molar-refractivity contribution is 5.67. The third kappa shape index (κ3) is 5.32. The van der Waals surface area contributed by atoms with Crippen LogP contribution < -0.4 is 18.9 Å². The van der Waals surface area contributed by atoms with Crippen molar-refractivity contribution < 1.29 is 23.7 Å². The van der Waals surface area contributed by atoms with Gasteiger partial charge in [-0.3, -0.25) is 0 Å². The molecule has 0 spiro atoms. The fraction of sp³-hybridized carbons (Fsp3) is 0.105. The predicted molar refractivity (Wildman–Crippen MR) is 88.2 cm³/mol. The molecule has 120 valence electrons. The maximum absolute atomic E-state index is 11.7. The van der Waals surface area contributed by atoms with E-state index in [1.165, 1.54) is 0 Å². The van der Waals surface area contributed by atoms with Gasteiger partial charge in [-0.2, -0.15) is 0 Å². The third-order valence-electron chi connectivity index (χ3n) is 2.69. The van der Waals surface area contributed by atoms with Crippen molar-refractivity contribution in [3.8, 4) is 47.7 Å². The number of benzene rings is 2. The normalized spacial score (nSPS) is 9.25. The van der Waals surface area contributed by atoms with E-state index >= 15 is 0 Å². The molecule has 0 heterocycles. The molecule has 0 saturated carbocycles. The average Bonchev–Trinajstić information content (AvgIpc) is 2.60. The topological polar surface area (TPSA) is 54.0 Å². The lowest BCUT2D eigenvalue weighted by Gasteiger charge is -2.07. The van der Waals surface area contributed by atoms with E-state index in [1.54, 1.807) is 48.5 Å². The van der Waals surface area contributed by atoms with Gasteiger partial charge in [0.05, 0.1) is 0 Å². The Kier molecular flexibility index (Phi) is 6.14. The molecule has 0 unspecified atom stereocenters. The number of rotatable bonds is 6. The quantitative estimate of drug-likeness (QED) is 0.464. The molecule has 0 atom stereocenters. The van der Waals surface area contributed by atoms with Gasteiger partial charge >= 0.3 is 6.16 Å². The van der Waals surface area contributed by atoms with Crippen molar-refractivity contribution in [2.75, 3.05) is 13.2 Å². The molecule has 0 saturated heterocycles. The summed E-state index contributed by atoms with van der Waals surface area (Å²) in [6, 6.07) is 12.8. The number of ether oxygens (including phenoxy) is 4. The first-order valence-electron chi connectivity index (χ1n) is 6.93. The van der Waals surface area contributed by atoms with E-state index < -0.39 is 6.16 Å². The predicted octanol–water partition coefficient (Wildman–Crippen LogP) is 3.29. The molecule has 0 N–H and O–H groups in total. The highest BCUT2D eigenvalue weighted by atomic mass is 16.7. The van der Waals surface area contributed by atoms with Crippen LogP contribution in [-0.2, 0) is 0 Å². The summed E-state index contributed by atoms with van der Waals surface area (Å²) < 4.78 is 20.6. The van der Waals surface area contributed by atoms with E-state index in [0.29, 0.717) is 23.0 Å². The largest absolute Gasteiger partial charge is 0.519 e. The number of carbonyl (C=O) groups is 1. The van der Waals surface area contributed by atoms with Gasteiger partial charge in [0, 0.05) is 0 Å². The number of carbonyl (C=O) groups excluding carboxylic acids is 1. The molecule has 0 radical (unpaired) electrons. The van der Waals surface area contributed by atoms with Crippen LogP contribution in [0.15, 0.2) is 48.5 Å². The summed E-state index contributed by atoms with van der Waals surface area (Å²) >= 11 is 0. The molecule has 2 aromatic carbocycles. The summed E-state index contributed by atoms with van der Waals surface area (Å²) in [6.07, 6.45) is 9.35. The minimum atomic E-state index is -0.857. The summed E-state index contributed by atoms with van der Waals surface area (Å²) in [6.45, 7) is 0.340. The molecule has 0 aliphatic carbocycles. The lowest BCUT2D eigenvalue weighted by molar-refractivity contribution is 0.152. The van der Waals surface area contributed by atoms with E-state index in [-0.39, 0.29) is 13.2 Å². The number of terminal acetylenes is 2. The van der Waals surface area contributed by atoms with Crippen molar-refractivity contribution >= 4 is 6.16 Å². The Balaban J connectivity index is 1.86. The SMILES string of the molecule is C#CCOc1ccc(OC(=O)Oc2ccc(OCC#C)cc2)cc1. The number of hydrogen-bond acceptors (Lipinski definition) is 5. The Bertz CT molecular complexity index is 683. The highest BCUT2D eigenvalue weighted by Crippen LogP contribution is 2.20. The fourth-order valence-electron chi connectivity index (χ4n) is 1.67. The highest BCUT2D eigenvalue weighted by Gasteiger charge is 2.08. The molecular weight excluding hydrogens is 308 g/mol. The van der Waals surface area contributed by atoms with Gasteiger partial charge in [0.2, 0.25) is 0 Å². The third-order valence-corrected chi connectivity index (χ3v) is 2.69. The van der Waals surface area contributed by atoms with Crippen LogP contribution in [0.25, 0.3) is 0 Å². The van der Waals surface area contributed by atoms with Gasteiger partial charge < -0.3 is 18.9 Å². The van der Waals surface area contributed by atoms with Crippen molar-refractivity contribution in [1.82, 2.24) is 0 Å². The van der Waals surface area contributed by atoms with Crippen molar-refractivity contribution in [1.29, 1.82) is 0 Å². The average molecular weight is 322 g/mol. The maximum atomic E-state index is 11.7. The lowest BCUT2D eigenvalue weighted by atomic mass is 10.3. The second kappa shape index (κ2) is 8.77. The first kappa shape index (κ1) is 16.8. The van der Waals surface area contributed by atoms with Crippen molar-refractivity contribution in [3.63, 3.8) is 0 Å². The molecule has 5 heteroatoms. The lowest BCUT2D eigenvalue weighted by Crippen LogP contribution is -2.13. The van der Waals surface area contributed by atoms with Crippen molar-refractivity contribution in [2.24, 2.45) is 0 Å². The number of hydrogen-bond donors (Lipinski definition) is 0. The van der Waals surface area contributed by atoms with Gasteiger partial charge in [0.25, 0.3) is 0 Å². The fourth-order valence-corrected chi connectivity index (χ4v) is 1.67. The van der Waals surface area contributed by atoms with E-state index in [4.69, 9.17) is 31.8 Å². The Morgan fingerprint density at radius 1 is 0.708 bits per heavy atom. The van der Waals surface area contributed by atoms with Gasteiger partial charge in [-0.05, 0) is 48.5 Å². The van der Waals surface area contributed by atoms with Gasteiger partial charge in [0.15, 0.2) is 0 Å². The molecule has 0 fully saturated rings. The molecule has 0 aromatic heterocycles. The van der Waals surface area contributed by atoms with Crippen LogP contribution in [0.2, 0.25) is 0 Å². The monoisotopic (exact) mass is 322 g/mol. The first-order chi connectivity index (χ1) is 11.7. The smallest absolute Gasteiger partial charge is 0.481 e. The standard InChI is InChI=1S/C19H14O5/c1-3-13-21-15-5-9-17(10-6-15)23-19(20)24-18-11-7-16(8-12-18)22-14-4-2/h1-2,5-12H,13-14H2. The van der Waals surface area contributed by atoms with Crippen molar-refractivity contribution in [3.05, 3.63) is 48.5 Å². The zero-order valence-corrected chi connectivity index (χ0v) is 12.7. The summed E-state index contributed by atoms with van der Waals surface area (Å²) in [5.74, 6) is 6.52. The summed E-state index contributed by atoms with van der Waals surface area (Å²) in [5.41, 5.74) is 0. The molecular formula is C19H14O5. The van der Waals surface area contributed by atoms with Crippen LogP contribution in [-0.4, -0.2) is 19.4 Å². The molecule has 0 bridgehead atoms. The van der Waals surface area contributed by atoms with E-state index in [1.807, 2.05) is 0 Å². The molecule has 0 amide bonds. The first-order valence-corrected chi connectivity index (χ1v) is 6.93. The van der Waals surface area contributed by atoms with Crippen LogP contribution in [0, 0.1) is 24.7 Å². The van der Waals surface area contributed by atoms with Gasteiger partial charge in [-0.25, -0.2) is 4.79 Å². The summed E-state index contributed by atoms with van der Waals surface area (Å²) in [5, 5.41) is 0. The van der Waals surface area contributed by atoms with E-state index in [9.17, 15) is 4.79 Å². The second-order valence-electron chi connectivity index (χ2n) is 4.38. The van der Waals surface area contributed by atoms with Crippen LogP contribution in [0.3, 0.4) is 0 Å². The van der Waals surface area contributed by atoms with E-state index in [2.05, 4.69) is 11.8 Å². The maximum Gasteiger partial charge on any atom is 0.519 e. The van der Waals surface area contributed by atoms with Gasteiger partial charge in [0.1, 0.15) is 36.2 Å². The Labute approximate surface area is 140 Å². The zero-order chi connectivity index (χ0) is 17.2. The molecule has 2 aromatic rings. The minimum Gasteiger partial charge on any atom is -0.481 e. The van der Waals surface area contributed by atoms with Crippen LogP contribution in [0.4, 0.5) is 4.79 Å². The molecule has 5 nitrogen and oxygen atoms in total. The zero-order valence-electron chi connectivity index (χ0n) is 12.7. The second-order valence-corrected chi connectivity index (χ2v) is 4.38. The molecule has 0 aliphatic heterocycles. The Hall–Kier alpha value is -3.57. The van der Waals surface area contributed by atoms with Crippen LogP contribution >= 0.6 is 0 Å². The molecule has 2 rings (SSSR count). The molecule has 24 heavy (non-hydrogen) atoms. The Morgan fingerprint density at radius 3 is 1.38 bits per heavy atom. The Morgan fingerprint density at radius 2 is 1.04 bits per heavy atom. The summed E-state index contributed by atoms with van der Waals surface area (Å²) in [4.78, 5) is 11.7. The summed E-state index contributed by atoms with van der Waals surface area (Å²) in [7, 11) is 0. The van der Waals surface area contributed by atoms with Crippen LogP contribution in [0.1, 0.15) is 0 Å². The van der Waals surface area contributed by atoms with Crippen LogP contribution in [0.5, 0.6) is 23.0 Å².